The maximum atomic E-state index is 12.1. The molecule has 0 unspecified atom stereocenters. The topological polar surface area (TPSA) is 58.2 Å². The number of benzene rings is 1. The molecular weight excluding hydrogens is 260 g/mol. The highest BCUT2D eigenvalue weighted by Gasteiger charge is 2.23. The molecule has 2 N–H and O–H groups in total. The fourth-order valence-electron chi connectivity index (χ4n) is 1.78. The molecule has 1 aromatic rings. The zero-order chi connectivity index (χ0) is 14.5. The van der Waals surface area contributed by atoms with Crippen LogP contribution in [0, 0.1) is 0 Å². The van der Waals surface area contributed by atoms with Gasteiger partial charge in [0.05, 0.1) is 5.75 Å². The smallest absolute Gasteiger partial charge is 0.216 e. The van der Waals surface area contributed by atoms with Crippen LogP contribution in [0.2, 0.25) is 0 Å². The second kappa shape index (κ2) is 6.50. The molecule has 0 saturated carbocycles. The molecule has 0 amide bonds. The van der Waals surface area contributed by atoms with Gasteiger partial charge in [0.15, 0.2) is 0 Å². The van der Waals surface area contributed by atoms with Gasteiger partial charge < -0.3 is 5.32 Å². The Hall–Kier alpha value is -0.910. The molecule has 0 aromatic heterocycles. The van der Waals surface area contributed by atoms with E-state index >= 15 is 0 Å². The Labute approximate surface area is 116 Å². The van der Waals surface area contributed by atoms with Crippen molar-refractivity contribution in [2.45, 2.75) is 45.0 Å². The summed E-state index contributed by atoms with van der Waals surface area (Å²) in [6.07, 6.45) is 0.756. The van der Waals surface area contributed by atoms with E-state index in [0.717, 1.165) is 24.1 Å². The van der Waals surface area contributed by atoms with Gasteiger partial charge in [0, 0.05) is 12.1 Å². The largest absolute Gasteiger partial charge is 0.316 e. The van der Waals surface area contributed by atoms with Gasteiger partial charge in [-0.05, 0) is 38.4 Å². The van der Waals surface area contributed by atoms with Crippen LogP contribution in [0.25, 0.3) is 0 Å². The molecule has 1 rings (SSSR count). The monoisotopic (exact) mass is 284 g/mol. The molecule has 0 aliphatic rings. The summed E-state index contributed by atoms with van der Waals surface area (Å²) in [7, 11) is -1.44. The van der Waals surface area contributed by atoms with Crippen molar-refractivity contribution in [3.05, 3.63) is 35.4 Å². The van der Waals surface area contributed by atoms with E-state index in [1.807, 2.05) is 52.1 Å². The predicted molar refractivity (Wildman–Crippen MR) is 79.3 cm³/mol. The SMILES string of the molecule is CCC(C)(C)NS(=O)(=O)Cc1cccc(CNC)c1. The number of nitrogens with one attached hydrogen (secondary N) is 2. The number of sulfonamides is 1. The maximum Gasteiger partial charge on any atom is 0.216 e. The average Bonchev–Trinajstić information content (AvgIpc) is 2.27. The van der Waals surface area contributed by atoms with Crippen LogP contribution in [0.3, 0.4) is 0 Å². The van der Waals surface area contributed by atoms with Crippen LogP contribution in [0.4, 0.5) is 0 Å². The van der Waals surface area contributed by atoms with Gasteiger partial charge in [-0.3, -0.25) is 0 Å². The summed E-state index contributed by atoms with van der Waals surface area (Å²) in [5, 5.41) is 3.06. The minimum atomic E-state index is -3.31. The number of hydrogen-bond acceptors (Lipinski definition) is 3. The number of rotatable bonds is 7. The molecule has 0 aliphatic carbocycles. The summed E-state index contributed by atoms with van der Waals surface area (Å²) in [5.41, 5.74) is 1.50. The molecule has 19 heavy (non-hydrogen) atoms. The van der Waals surface area contributed by atoms with Gasteiger partial charge in [-0.1, -0.05) is 31.2 Å². The van der Waals surface area contributed by atoms with Crippen molar-refractivity contribution in [3.63, 3.8) is 0 Å². The molecule has 0 heterocycles. The molecule has 0 atom stereocenters. The minimum Gasteiger partial charge on any atom is -0.316 e. The Bertz CT molecular complexity index is 510. The van der Waals surface area contributed by atoms with Gasteiger partial charge in [-0.25, -0.2) is 13.1 Å². The average molecular weight is 284 g/mol. The van der Waals surface area contributed by atoms with Crippen LogP contribution in [-0.2, 0) is 22.3 Å². The standard InChI is InChI=1S/C14H24N2O2S/c1-5-14(2,3)16-19(17,18)11-13-8-6-7-12(9-13)10-15-4/h6-9,15-16H,5,10-11H2,1-4H3. The molecule has 0 spiro atoms. The van der Waals surface area contributed by atoms with E-state index in [2.05, 4.69) is 10.0 Å². The summed E-state index contributed by atoms with van der Waals surface area (Å²) >= 11 is 0. The van der Waals surface area contributed by atoms with E-state index in [1.165, 1.54) is 0 Å². The molecule has 4 nitrogen and oxygen atoms in total. The highest BCUT2D eigenvalue weighted by molar-refractivity contribution is 7.88. The molecule has 0 aliphatic heterocycles. The third-order valence-corrected chi connectivity index (χ3v) is 4.62. The highest BCUT2D eigenvalue weighted by Crippen LogP contribution is 2.13. The Morgan fingerprint density at radius 1 is 1.21 bits per heavy atom. The third kappa shape index (κ3) is 5.72. The molecule has 0 bridgehead atoms. The summed E-state index contributed by atoms with van der Waals surface area (Å²) in [4.78, 5) is 0. The quantitative estimate of drug-likeness (QED) is 0.805. The summed E-state index contributed by atoms with van der Waals surface area (Å²) in [6.45, 7) is 6.49. The molecule has 0 fully saturated rings. The molecule has 1 aromatic carbocycles. The van der Waals surface area contributed by atoms with Gasteiger partial charge >= 0.3 is 0 Å². The Kier molecular flexibility index (Phi) is 5.52. The van der Waals surface area contributed by atoms with Crippen molar-refractivity contribution in [2.75, 3.05) is 7.05 Å². The zero-order valence-electron chi connectivity index (χ0n) is 12.2. The Morgan fingerprint density at radius 3 is 2.42 bits per heavy atom. The van der Waals surface area contributed by atoms with Crippen LogP contribution >= 0.6 is 0 Å². The van der Waals surface area contributed by atoms with Crippen molar-refractivity contribution >= 4 is 10.0 Å². The van der Waals surface area contributed by atoms with Gasteiger partial charge in [0.2, 0.25) is 10.0 Å². The van der Waals surface area contributed by atoms with E-state index in [1.54, 1.807) is 0 Å². The van der Waals surface area contributed by atoms with E-state index < -0.39 is 15.6 Å². The van der Waals surface area contributed by atoms with Gasteiger partial charge in [0.1, 0.15) is 0 Å². The fourth-order valence-corrected chi connectivity index (χ4v) is 3.46. The third-order valence-electron chi connectivity index (χ3n) is 3.04. The van der Waals surface area contributed by atoms with Crippen molar-refractivity contribution in [1.29, 1.82) is 0 Å². The summed E-state index contributed by atoms with van der Waals surface area (Å²) < 4.78 is 27.0. The first-order valence-electron chi connectivity index (χ1n) is 6.52. The van der Waals surface area contributed by atoms with Crippen molar-refractivity contribution in [3.8, 4) is 0 Å². The van der Waals surface area contributed by atoms with Crippen LogP contribution in [0.15, 0.2) is 24.3 Å². The fraction of sp³-hybridized carbons (Fsp3) is 0.571. The van der Waals surface area contributed by atoms with Gasteiger partial charge in [0.25, 0.3) is 0 Å². The minimum absolute atomic E-state index is 0.0218. The highest BCUT2D eigenvalue weighted by atomic mass is 32.2. The first kappa shape index (κ1) is 16.1. The van der Waals surface area contributed by atoms with Crippen molar-refractivity contribution in [1.82, 2.24) is 10.0 Å². The van der Waals surface area contributed by atoms with Crippen LogP contribution in [-0.4, -0.2) is 21.0 Å². The second-order valence-corrected chi connectivity index (χ2v) is 7.17. The summed E-state index contributed by atoms with van der Waals surface area (Å²) in [6, 6.07) is 7.64. The van der Waals surface area contributed by atoms with Crippen LogP contribution in [0.1, 0.15) is 38.3 Å². The van der Waals surface area contributed by atoms with E-state index in [9.17, 15) is 8.42 Å². The maximum absolute atomic E-state index is 12.1. The first-order chi connectivity index (χ1) is 8.78. The molecule has 0 radical (unpaired) electrons. The van der Waals surface area contributed by atoms with Gasteiger partial charge in [-0.15, -0.1) is 0 Å². The van der Waals surface area contributed by atoms with E-state index in [4.69, 9.17) is 0 Å². The normalized spacial score (nSPS) is 12.6. The zero-order valence-corrected chi connectivity index (χ0v) is 13.0. The molecule has 0 saturated heterocycles. The second-order valence-electron chi connectivity index (χ2n) is 5.45. The van der Waals surface area contributed by atoms with Crippen LogP contribution in [0.5, 0.6) is 0 Å². The van der Waals surface area contributed by atoms with Crippen LogP contribution < -0.4 is 10.0 Å². The molecule has 108 valence electrons. The van der Waals surface area contributed by atoms with Crippen molar-refractivity contribution < 1.29 is 8.42 Å². The van der Waals surface area contributed by atoms with E-state index in [0.29, 0.717) is 0 Å². The first-order valence-corrected chi connectivity index (χ1v) is 8.17. The predicted octanol–water partition coefficient (Wildman–Crippen LogP) is 2.01. The lowest BCUT2D eigenvalue weighted by atomic mass is 10.0. The van der Waals surface area contributed by atoms with E-state index in [-0.39, 0.29) is 5.75 Å². The van der Waals surface area contributed by atoms with Crippen molar-refractivity contribution in [2.24, 2.45) is 0 Å². The Morgan fingerprint density at radius 2 is 1.84 bits per heavy atom. The summed E-state index contributed by atoms with van der Waals surface area (Å²) in [5.74, 6) is 0.0218. The Balaban J connectivity index is 2.81. The number of hydrogen-bond donors (Lipinski definition) is 2. The lowest BCUT2D eigenvalue weighted by Gasteiger charge is -2.24. The van der Waals surface area contributed by atoms with Gasteiger partial charge in [-0.2, -0.15) is 0 Å². The lowest BCUT2D eigenvalue weighted by Crippen LogP contribution is -2.43. The molecule has 5 heteroatoms. The molecular formula is C14H24N2O2S. The lowest BCUT2D eigenvalue weighted by molar-refractivity contribution is 0.439.